The number of thiophene rings is 1. The largest absolute Gasteiger partial charge is 0.466 e. The van der Waals surface area contributed by atoms with Crippen molar-refractivity contribution in [3.8, 4) is 0 Å². The van der Waals surface area contributed by atoms with Crippen LogP contribution in [-0.4, -0.2) is 22.5 Å². The molecule has 2 heterocycles. The van der Waals surface area contributed by atoms with Gasteiger partial charge in [-0.25, -0.2) is 4.98 Å². The maximum absolute atomic E-state index is 12.3. The Balaban J connectivity index is 2.06. The van der Waals surface area contributed by atoms with Crippen molar-refractivity contribution in [2.24, 2.45) is 5.41 Å². The van der Waals surface area contributed by atoms with Crippen molar-refractivity contribution in [2.45, 2.75) is 39.5 Å². The van der Waals surface area contributed by atoms with Gasteiger partial charge in [-0.05, 0) is 38.2 Å². The van der Waals surface area contributed by atoms with Gasteiger partial charge in [0, 0.05) is 4.88 Å². The standard InChI is InChI=1S/C15H18N2O3S/c1-3-15(14(19)20-4-2)6-5-9-10(7-15)21-13-11(9)12(18)16-8-17-13/h8H,3-7H2,1-2H3,(H,16,17,18). The molecule has 0 aromatic carbocycles. The summed E-state index contributed by atoms with van der Waals surface area (Å²) in [6.07, 6.45) is 4.30. The first-order valence-corrected chi connectivity index (χ1v) is 8.08. The van der Waals surface area contributed by atoms with Crippen LogP contribution < -0.4 is 5.56 Å². The summed E-state index contributed by atoms with van der Waals surface area (Å²) < 4.78 is 5.27. The molecule has 21 heavy (non-hydrogen) atoms. The number of aromatic nitrogens is 2. The smallest absolute Gasteiger partial charge is 0.312 e. The second-order valence-electron chi connectivity index (χ2n) is 5.45. The number of ether oxygens (including phenoxy) is 1. The number of aryl methyl sites for hydroxylation is 1. The summed E-state index contributed by atoms with van der Waals surface area (Å²) in [6.45, 7) is 4.26. The highest BCUT2D eigenvalue weighted by molar-refractivity contribution is 7.18. The van der Waals surface area contributed by atoms with Crippen LogP contribution in [0, 0.1) is 5.41 Å². The van der Waals surface area contributed by atoms with E-state index in [1.54, 1.807) is 0 Å². The first-order valence-electron chi connectivity index (χ1n) is 7.26. The van der Waals surface area contributed by atoms with Crippen molar-refractivity contribution in [1.82, 2.24) is 9.97 Å². The third-order valence-electron chi connectivity index (χ3n) is 4.41. The first-order chi connectivity index (χ1) is 10.1. The van der Waals surface area contributed by atoms with E-state index in [9.17, 15) is 9.59 Å². The highest BCUT2D eigenvalue weighted by atomic mass is 32.1. The quantitative estimate of drug-likeness (QED) is 0.884. The number of nitrogens with one attached hydrogen (secondary N) is 1. The molecule has 0 aliphatic heterocycles. The highest BCUT2D eigenvalue weighted by Gasteiger charge is 2.42. The monoisotopic (exact) mass is 306 g/mol. The zero-order valence-corrected chi connectivity index (χ0v) is 13.0. The molecular weight excluding hydrogens is 288 g/mol. The molecule has 6 heteroatoms. The average molecular weight is 306 g/mol. The minimum atomic E-state index is -0.448. The molecule has 0 bridgehead atoms. The Bertz CT molecular complexity index is 749. The van der Waals surface area contributed by atoms with Crippen LogP contribution in [0.3, 0.4) is 0 Å². The lowest BCUT2D eigenvalue weighted by Crippen LogP contribution is -2.37. The number of carbonyl (C=O) groups is 1. The van der Waals surface area contributed by atoms with Gasteiger partial charge in [-0.2, -0.15) is 0 Å². The Labute approximate surface area is 126 Å². The van der Waals surface area contributed by atoms with Crippen molar-refractivity contribution in [1.29, 1.82) is 0 Å². The van der Waals surface area contributed by atoms with Crippen LogP contribution in [0.25, 0.3) is 10.2 Å². The molecule has 0 fully saturated rings. The van der Waals surface area contributed by atoms with E-state index >= 15 is 0 Å². The molecule has 0 radical (unpaired) electrons. The SMILES string of the molecule is CCOC(=O)C1(CC)CCc2c(sc3nc[nH]c(=O)c23)C1. The lowest BCUT2D eigenvalue weighted by molar-refractivity contribution is -0.156. The third kappa shape index (κ3) is 2.18. The fraction of sp³-hybridized carbons (Fsp3) is 0.533. The first kappa shape index (κ1) is 14.3. The third-order valence-corrected chi connectivity index (χ3v) is 5.55. The molecule has 0 saturated carbocycles. The Hall–Kier alpha value is -1.69. The zero-order valence-electron chi connectivity index (χ0n) is 12.2. The van der Waals surface area contributed by atoms with Crippen LogP contribution in [0.1, 0.15) is 37.1 Å². The van der Waals surface area contributed by atoms with Crippen molar-refractivity contribution in [3.63, 3.8) is 0 Å². The fourth-order valence-corrected chi connectivity index (χ4v) is 4.45. The van der Waals surface area contributed by atoms with Crippen LogP contribution in [0.15, 0.2) is 11.1 Å². The van der Waals surface area contributed by atoms with Gasteiger partial charge in [-0.1, -0.05) is 6.92 Å². The topological polar surface area (TPSA) is 72.0 Å². The van der Waals surface area contributed by atoms with E-state index < -0.39 is 5.41 Å². The Morgan fingerprint density at radius 2 is 2.33 bits per heavy atom. The molecule has 1 N–H and O–H groups in total. The number of esters is 1. The van der Waals surface area contributed by atoms with Crippen LogP contribution in [0.4, 0.5) is 0 Å². The van der Waals surface area contributed by atoms with Gasteiger partial charge in [-0.15, -0.1) is 11.3 Å². The second-order valence-corrected chi connectivity index (χ2v) is 6.53. The van der Waals surface area contributed by atoms with Crippen molar-refractivity contribution < 1.29 is 9.53 Å². The molecule has 1 atom stereocenters. The summed E-state index contributed by atoms with van der Waals surface area (Å²) in [7, 11) is 0. The molecular formula is C15H18N2O3S. The minimum absolute atomic E-state index is 0.0855. The molecule has 0 saturated heterocycles. The molecule has 112 valence electrons. The van der Waals surface area contributed by atoms with Gasteiger partial charge < -0.3 is 9.72 Å². The van der Waals surface area contributed by atoms with Gasteiger partial charge in [0.2, 0.25) is 0 Å². The van der Waals surface area contributed by atoms with E-state index in [2.05, 4.69) is 9.97 Å². The number of hydrogen-bond donors (Lipinski definition) is 1. The average Bonchev–Trinajstić information content (AvgIpc) is 2.85. The Morgan fingerprint density at radius 3 is 3.05 bits per heavy atom. The predicted octanol–water partition coefficient (Wildman–Crippen LogP) is 2.43. The van der Waals surface area contributed by atoms with Crippen LogP contribution in [-0.2, 0) is 22.4 Å². The summed E-state index contributed by atoms with van der Waals surface area (Å²) in [6, 6.07) is 0. The molecule has 2 aromatic rings. The number of nitrogens with zero attached hydrogens (tertiary/aromatic N) is 1. The molecule has 1 aliphatic carbocycles. The Kier molecular flexibility index (Phi) is 3.57. The van der Waals surface area contributed by atoms with Gasteiger partial charge in [0.15, 0.2) is 0 Å². The molecule has 2 aromatic heterocycles. The Morgan fingerprint density at radius 1 is 1.52 bits per heavy atom. The molecule has 1 aliphatic rings. The molecule has 0 amide bonds. The molecule has 3 rings (SSSR count). The lowest BCUT2D eigenvalue weighted by Gasteiger charge is -2.33. The highest BCUT2D eigenvalue weighted by Crippen LogP contribution is 2.44. The van der Waals surface area contributed by atoms with Gasteiger partial charge >= 0.3 is 5.97 Å². The predicted molar refractivity (Wildman–Crippen MR) is 81.6 cm³/mol. The molecule has 1 unspecified atom stereocenters. The van der Waals surface area contributed by atoms with E-state index in [-0.39, 0.29) is 11.5 Å². The maximum atomic E-state index is 12.3. The van der Waals surface area contributed by atoms with E-state index in [4.69, 9.17) is 4.74 Å². The van der Waals surface area contributed by atoms with Gasteiger partial charge in [0.1, 0.15) is 4.83 Å². The normalized spacial score (nSPS) is 21.2. The van der Waals surface area contributed by atoms with Crippen LogP contribution in [0.2, 0.25) is 0 Å². The maximum Gasteiger partial charge on any atom is 0.312 e. The van der Waals surface area contributed by atoms with Gasteiger partial charge in [0.25, 0.3) is 5.56 Å². The van der Waals surface area contributed by atoms with Crippen molar-refractivity contribution in [3.05, 3.63) is 27.1 Å². The van der Waals surface area contributed by atoms with E-state index in [0.717, 1.165) is 34.5 Å². The lowest BCUT2D eigenvalue weighted by atomic mass is 9.72. The van der Waals surface area contributed by atoms with Crippen molar-refractivity contribution >= 4 is 27.5 Å². The zero-order chi connectivity index (χ0) is 15.0. The van der Waals surface area contributed by atoms with Crippen LogP contribution in [0.5, 0.6) is 0 Å². The number of fused-ring (bicyclic) bond motifs is 3. The summed E-state index contributed by atoms with van der Waals surface area (Å²) in [4.78, 5) is 33.1. The number of H-pyrrole nitrogens is 1. The number of aromatic amines is 1. The fourth-order valence-electron chi connectivity index (χ4n) is 3.12. The minimum Gasteiger partial charge on any atom is -0.466 e. The number of rotatable bonds is 3. The van der Waals surface area contributed by atoms with Gasteiger partial charge in [0.05, 0.1) is 23.7 Å². The summed E-state index contributed by atoms with van der Waals surface area (Å²) in [5.41, 5.74) is 0.534. The molecule has 0 spiro atoms. The number of carbonyl (C=O) groups excluding carboxylic acids is 1. The molecule has 5 nitrogen and oxygen atoms in total. The van der Waals surface area contributed by atoms with E-state index in [1.165, 1.54) is 17.7 Å². The van der Waals surface area contributed by atoms with Crippen molar-refractivity contribution in [2.75, 3.05) is 6.61 Å². The number of hydrogen-bond acceptors (Lipinski definition) is 5. The summed E-state index contributed by atoms with van der Waals surface area (Å²) in [5.74, 6) is -0.113. The second kappa shape index (κ2) is 5.26. The summed E-state index contributed by atoms with van der Waals surface area (Å²) >= 11 is 1.53. The van der Waals surface area contributed by atoms with Gasteiger partial charge in [-0.3, -0.25) is 9.59 Å². The van der Waals surface area contributed by atoms with E-state index in [0.29, 0.717) is 18.4 Å². The summed E-state index contributed by atoms with van der Waals surface area (Å²) in [5, 5.41) is 0.700. The van der Waals surface area contributed by atoms with Crippen LogP contribution >= 0.6 is 11.3 Å². The van der Waals surface area contributed by atoms with E-state index in [1.807, 2.05) is 13.8 Å².